The van der Waals surface area contributed by atoms with Crippen LogP contribution in [0.25, 0.3) is 32.9 Å². The molecule has 0 spiro atoms. The van der Waals surface area contributed by atoms with Gasteiger partial charge in [0.25, 0.3) is 0 Å². The molecule has 3 fully saturated rings. The van der Waals surface area contributed by atoms with Crippen LogP contribution in [-0.2, 0) is 4.74 Å². The van der Waals surface area contributed by atoms with Gasteiger partial charge in [0.2, 0.25) is 5.88 Å². The Balaban J connectivity index is 0.00000245. The topological polar surface area (TPSA) is 113 Å². The van der Waals surface area contributed by atoms with Gasteiger partial charge in [0.15, 0.2) is 11.6 Å². The van der Waals surface area contributed by atoms with Gasteiger partial charge in [-0.3, -0.25) is 4.90 Å². The Morgan fingerprint density at radius 1 is 1.11 bits per heavy atom. The number of nitrogens with zero attached hydrogens (tertiary/aromatic N) is 5. The van der Waals surface area contributed by atoms with Crippen molar-refractivity contribution < 1.29 is 33.2 Å². The van der Waals surface area contributed by atoms with Crippen LogP contribution in [0.3, 0.4) is 0 Å². The van der Waals surface area contributed by atoms with E-state index >= 15 is 8.78 Å². The number of terminal acetylenes is 1. The highest BCUT2D eigenvalue weighted by molar-refractivity contribution is 6.04. The van der Waals surface area contributed by atoms with E-state index in [0.29, 0.717) is 30.6 Å². The summed E-state index contributed by atoms with van der Waals surface area (Å²) in [6.45, 7) is 10.4. The Bertz CT molecular complexity index is 2010. The van der Waals surface area contributed by atoms with Gasteiger partial charge in [-0.1, -0.05) is 45.6 Å². The number of aromatic nitrogens is 3. The summed E-state index contributed by atoms with van der Waals surface area (Å²) in [4.78, 5) is 18.3. The highest BCUT2D eigenvalue weighted by atomic mass is 19.1. The Kier molecular flexibility index (Phi) is 12.4. The minimum atomic E-state index is -0.855. The number of phenols is 1. The fourth-order valence-corrected chi connectivity index (χ4v) is 8.93. The number of hydrogen-bond donors (Lipinski definition) is 2. The normalized spacial score (nSPS) is 22.7. The molecule has 2 aromatic carbocycles. The number of phenolic OH excluding ortho intramolecular Hbond substituents is 1. The van der Waals surface area contributed by atoms with Crippen molar-refractivity contribution in [1.82, 2.24) is 19.9 Å². The lowest BCUT2D eigenvalue weighted by molar-refractivity contribution is -0.0701. The summed E-state index contributed by atoms with van der Waals surface area (Å²) in [5, 5.41) is 22.0. The highest BCUT2D eigenvalue weighted by Crippen LogP contribution is 2.50. The van der Waals surface area contributed by atoms with Crippen LogP contribution in [0, 0.1) is 29.4 Å². The van der Waals surface area contributed by atoms with Gasteiger partial charge in [0.1, 0.15) is 34.9 Å². The maximum Gasteiger partial charge on any atom is 0.319 e. The lowest BCUT2D eigenvalue weighted by Gasteiger charge is -2.50. The molecule has 0 radical (unpaired) electrons. The number of ether oxygens (including phenoxy) is 3. The molecule has 0 amide bonds. The predicted molar refractivity (Wildman–Crippen MR) is 207 cm³/mol. The number of aromatic hydroxyl groups is 1. The van der Waals surface area contributed by atoms with Crippen molar-refractivity contribution in [3.8, 4) is 41.2 Å². The fourth-order valence-electron chi connectivity index (χ4n) is 8.93. The van der Waals surface area contributed by atoms with Gasteiger partial charge in [-0.25, -0.2) is 13.8 Å². The van der Waals surface area contributed by atoms with E-state index in [1.54, 1.807) is 4.90 Å². The van der Waals surface area contributed by atoms with Crippen molar-refractivity contribution in [3.05, 3.63) is 41.5 Å². The monoisotopic (exact) mass is 745 g/mol. The van der Waals surface area contributed by atoms with Gasteiger partial charge >= 0.3 is 6.01 Å². The fraction of sp³-hybridized carbons (Fsp3) is 0.548. The molecule has 2 aromatic heterocycles. The summed E-state index contributed by atoms with van der Waals surface area (Å²) in [6, 6.07) is 6.20. The van der Waals surface area contributed by atoms with Crippen molar-refractivity contribution >= 4 is 27.5 Å². The van der Waals surface area contributed by atoms with E-state index in [1.165, 1.54) is 31.4 Å². The van der Waals surface area contributed by atoms with Gasteiger partial charge in [-0.2, -0.15) is 9.97 Å². The van der Waals surface area contributed by atoms with E-state index in [0.717, 1.165) is 70.9 Å². The third kappa shape index (κ3) is 7.38. The van der Waals surface area contributed by atoms with Crippen molar-refractivity contribution in [2.24, 2.45) is 5.41 Å². The average Bonchev–Trinajstić information content (AvgIpc) is 3.63. The average molecular weight is 746 g/mol. The number of unbranched alkanes of at least 4 members (excludes halogenated alkanes) is 1. The minimum absolute atomic E-state index is 0.0129. The molecule has 7 rings (SSSR count). The first kappa shape index (κ1) is 39.4. The number of pyridine rings is 1. The van der Waals surface area contributed by atoms with E-state index in [-0.39, 0.29) is 68.1 Å². The van der Waals surface area contributed by atoms with Crippen LogP contribution in [0.1, 0.15) is 91.0 Å². The Labute approximate surface area is 316 Å². The zero-order chi connectivity index (χ0) is 38.6. The number of likely N-dealkylation sites (tertiary alicyclic amines) is 1. The SMILES string of the molecule is C#Cc1c(F)ccc2cc(O)cc(-c3nc(OC)c4c(N(CO)CCCC)nc(OCC56CCCC5N(C5CCO[C@@H](C)C5)CCC6)nc4c3F)c12.CC. The van der Waals surface area contributed by atoms with Crippen LogP contribution in [-0.4, -0.2) is 88.4 Å². The molecule has 4 atom stereocenters. The second-order valence-corrected chi connectivity index (χ2v) is 14.5. The summed E-state index contributed by atoms with van der Waals surface area (Å²) in [6.07, 6.45) is 14.9. The molecule has 54 heavy (non-hydrogen) atoms. The minimum Gasteiger partial charge on any atom is -0.508 e. The van der Waals surface area contributed by atoms with E-state index in [4.69, 9.17) is 25.6 Å². The van der Waals surface area contributed by atoms with Crippen LogP contribution in [0.15, 0.2) is 24.3 Å². The number of aliphatic hydroxyl groups excluding tert-OH is 1. The van der Waals surface area contributed by atoms with Crippen LogP contribution < -0.4 is 14.4 Å². The number of halogens is 2. The maximum atomic E-state index is 17.2. The summed E-state index contributed by atoms with van der Waals surface area (Å²) in [5.41, 5.74) is -0.505. The first-order valence-electron chi connectivity index (χ1n) is 19.4. The zero-order valence-electron chi connectivity index (χ0n) is 32.1. The number of fused-ring (bicyclic) bond motifs is 3. The Morgan fingerprint density at radius 2 is 1.91 bits per heavy atom. The molecule has 1 aliphatic carbocycles. The van der Waals surface area contributed by atoms with Gasteiger partial charge in [-0.05, 0) is 82.0 Å². The molecule has 2 N–H and O–H groups in total. The summed E-state index contributed by atoms with van der Waals surface area (Å²) >= 11 is 0. The first-order valence-corrected chi connectivity index (χ1v) is 19.4. The second-order valence-electron chi connectivity index (χ2n) is 14.5. The molecule has 2 saturated heterocycles. The number of hydrogen-bond acceptors (Lipinski definition) is 10. The molecule has 0 bridgehead atoms. The molecular weight excluding hydrogens is 692 g/mol. The van der Waals surface area contributed by atoms with E-state index < -0.39 is 18.4 Å². The lowest BCUT2D eigenvalue weighted by atomic mass is 9.74. The van der Waals surface area contributed by atoms with Gasteiger partial charge in [-0.15, -0.1) is 6.42 Å². The molecule has 3 unspecified atom stereocenters. The van der Waals surface area contributed by atoms with Gasteiger partial charge in [0, 0.05) is 41.6 Å². The number of piperidine rings is 1. The van der Waals surface area contributed by atoms with Crippen molar-refractivity contribution in [1.29, 1.82) is 0 Å². The van der Waals surface area contributed by atoms with E-state index in [1.807, 2.05) is 20.8 Å². The highest BCUT2D eigenvalue weighted by Gasteiger charge is 2.50. The van der Waals surface area contributed by atoms with Gasteiger partial charge < -0.3 is 29.3 Å². The molecule has 4 aromatic rings. The van der Waals surface area contributed by atoms with Crippen molar-refractivity contribution in [2.75, 3.05) is 45.0 Å². The van der Waals surface area contributed by atoms with E-state index in [2.05, 4.69) is 27.7 Å². The third-order valence-electron chi connectivity index (χ3n) is 11.4. The number of rotatable bonds is 11. The second kappa shape index (κ2) is 17.0. The molecule has 10 nitrogen and oxygen atoms in total. The zero-order valence-corrected chi connectivity index (χ0v) is 32.1. The quantitative estimate of drug-likeness (QED) is 0.116. The summed E-state index contributed by atoms with van der Waals surface area (Å²) in [7, 11) is 1.40. The molecule has 4 heterocycles. The molecule has 2 aliphatic heterocycles. The third-order valence-corrected chi connectivity index (χ3v) is 11.4. The van der Waals surface area contributed by atoms with Crippen molar-refractivity contribution in [2.45, 2.75) is 104 Å². The number of methoxy groups -OCH3 is 1. The molecule has 12 heteroatoms. The Morgan fingerprint density at radius 3 is 2.63 bits per heavy atom. The predicted octanol–water partition coefficient (Wildman–Crippen LogP) is 7.98. The molecular formula is C42H53F2N5O5. The maximum absolute atomic E-state index is 17.2. The van der Waals surface area contributed by atoms with Gasteiger partial charge in [0.05, 0.1) is 25.4 Å². The smallest absolute Gasteiger partial charge is 0.319 e. The standard InChI is InChI=1S/C40H47F2N5O5.C2H6/c1-5-7-16-46(23-48)37-33-36(34(42)35(43-38(33)50-4)29-21-27(49)20-25-11-12-30(41)28(6-2)32(25)29)44-39(45-37)52-22-40-14-8-10-31(40)47(17-9-15-40)26-13-18-51-24(3)19-26;1-2/h2,11-12,20-21,24,26,31,48-49H,5,7-10,13-19,22-23H2,1,3-4H3;1-2H3/t24-,26?,31?,40?;/m0./s1. The van der Waals surface area contributed by atoms with Crippen LogP contribution >= 0.6 is 0 Å². The van der Waals surface area contributed by atoms with Crippen LogP contribution in [0.4, 0.5) is 14.6 Å². The molecule has 1 saturated carbocycles. The number of aliphatic hydroxyl groups is 1. The van der Waals surface area contributed by atoms with Crippen LogP contribution in [0.5, 0.6) is 17.6 Å². The first-order chi connectivity index (χ1) is 26.2. The number of benzene rings is 2. The lowest BCUT2D eigenvalue weighted by Crippen LogP contribution is -2.57. The largest absolute Gasteiger partial charge is 0.508 e. The summed E-state index contributed by atoms with van der Waals surface area (Å²) < 4.78 is 50.3. The molecule has 3 aliphatic rings. The summed E-state index contributed by atoms with van der Waals surface area (Å²) in [5.74, 6) is 0.887. The molecule has 290 valence electrons. The Hall–Kier alpha value is -4.31. The number of anilines is 1. The van der Waals surface area contributed by atoms with E-state index in [9.17, 15) is 10.2 Å². The van der Waals surface area contributed by atoms with Crippen molar-refractivity contribution in [3.63, 3.8) is 0 Å². The van der Waals surface area contributed by atoms with Crippen LogP contribution in [0.2, 0.25) is 0 Å².